The summed E-state index contributed by atoms with van der Waals surface area (Å²) >= 11 is 0. The maximum Gasteiger partial charge on any atom is 0.170 e. The maximum absolute atomic E-state index is 13.6. The molecule has 37 heavy (non-hydrogen) atoms. The smallest absolute Gasteiger partial charge is 0.170 e. The molecule has 0 aliphatic carbocycles. The van der Waals surface area contributed by atoms with Crippen molar-refractivity contribution in [1.82, 2.24) is 29.7 Å². The molecule has 0 aliphatic rings. The van der Waals surface area contributed by atoms with Crippen molar-refractivity contribution in [2.45, 2.75) is 37.9 Å². The number of rotatable bonds is 9. The molecule has 2 atom stereocenters. The number of sulfone groups is 1. The summed E-state index contributed by atoms with van der Waals surface area (Å²) in [5, 5.41) is 7.56. The molecule has 0 N–H and O–H groups in total. The van der Waals surface area contributed by atoms with Crippen LogP contribution in [0.15, 0.2) is 49.1 Å². The summed E-state index contributed by atoms with van der Waals surface area (Å²) in [6.45, 7) is 5.29. The highest BCUT2D eigenvalue weighted by atomic mass is 32.2. The normalized spacial score (nSPS) is 13.4. The van der Waals surface area contributed by atoms with Crippen LogP contribution >= 0.6 is 0 Å². The predicted octanol–water partition coefficient (Wildman–Crippen LogP) is 3.57. The number of benzene rings is 1. The second-order valence-corrected chi connectivity index (χ2v) is 10.9. The molecule has 1 aromatic carbocycles. The van der Waals surface area contributed by atoms with Crippen LogP contribution in [0, 0.1) is 19.7 Å². The Labute approximate surface area is 214 Å². The fourth-order valence-corrected chi connectivity index (χ4v) is 5.49. The van der Waals surface area contributed by atoms with Crippen molar-refractivity contribution in [3.05, 3.63) is 77.6 Å². The second-order valence-electron chi connectivity index (χ2n) is 8.58. The van der Waals surface area contributed by atoms with E-state index in [4.69, 9.17) is 9.47 Å². The molecule has 0 aliphatic heterocycles. The molecule has 0 fully saturated rings. The first-order valence-corrected chi connectivity index (χ1v) is 13.1. The molecule has 0 radical (unpaired) electrons. The van der Waals surface area contributed by atoms with Crippen molar-refractivity contribution in [2.24, 2.45) is 0 Å². The Morgan fingerprint density at radius 3 is 2.43 bits per heavy atom. The average Bonchev–Trinajstić information content (AvgIpc) is 3.27. The lowest BCUT2D eigenvalue weighted by Gasteiger charge is -2.22. The SMILES string of the molecule is COc1cccc(C)c1-n1c(CS(=O)(=O)[C@H](C)[C@H](OC)c2ncc(F)cn2)nnc1-c1cncc(C)c1. The van der Waals surface area contributed by atoms with E-state index < -0.39 is 32.8 Å². The standard InChI is InChI=1S/C25H27FN6O4S/c1-15-9-18(11-27-10-15)25-31-30-21(32(25)22-16(2)7-6-8-20(22)35-4)14-37(33,34)17(3)23(36-5)24-28-12-19(26)13-29-24/h6-13,17,23H,14H2,1-5H3/t17-,23+/m1/s1. The zero-order chi connectivity index (χ0) is 26.7. The molecule has 3 heterocycles. The number of halogens is 1. The summed E-state index contributed by atoms with van der Waals surface area (Å²) < 4.78 is 53.3. The molecular weight excluding hydrogens is 499 g/mol. The monoisotopic (exact) mass is 526 g/mol. The number of hydrogen-bond donors (Lipinski definition) is 0. The highest BCUT2D eigenvalue weighted by Crippen LogP contribution is 2.33. The summed E-state index contributed by atoms with van der Waals surface area (Å²) in [7, 11) is -1.00. The number of aromatic nitrogens is 6. The maximum atomic E-state index is 13.6. The van der Waals surface area contributed by atoms with Crippen molar-refractivity contribution in [3.8, 4) is 22.8 Å². The Kier molecular flexibility index (Phi) is 7.60. The van der Waals surface area contributed by atoms with Crippen molar-refractivity contribution < 1.29 is 22.3 Å². The molecule has 12 heteroatoms. The molecule has 0 bridgehead atoms. The lowest BCUT2D eigenvalue weighted by molar-refractivity contribution is 0.0946. The molecule has 0 amide bonds. The van der Waals surface area contributed by atoms with Crippen LogP contribution in [0.4, 0.5) is 4.39 Å². The van der Waals surface area contributed by atoms with Gasteiger partial charge in [0, 0.05) is 25.1 Å². The number of aryl methyl sites for hydroxylation is 2. The van der Waals surface area contributed by atoms with Gasteiger partial charge in [-0.2, -0.15) is 0 Å². The number of nitrogens with zero attached hydrogens (tertiary/aromatic N) is 6. The van der Waals surface area contributed by atoms with Gasteiger partial charge in [0.1, 0.15) is 17.6 Å². The number of ether oxygens (including phenoxy) is 2. The lowest BCUT2D eigenvalue weighted by Crippen LogP contribution is -2.30. The van der Waals surface area contributed by atoms with Crippen molar-refractivity contribution in [1.29, 1.82) is 0 Å². The molecular formula is C25H27FN6O4S. The van der Waals surface area contributed by atoms with Gasteiger partial charge in [-0.3, -0.25) is 9.55 Å². The molecule has 4 aromatic rings. The van der Waals surface area contributed by atoms with Gasteiger partial charge in [-0.15, -0.1) is 10.2 Å². The number of hydrogen-bond acceptors (Lipinski definition) is 9. The Morgan fingerprint density at radius 2 is 1.78 bits per heavy atom. The van der Waals surface area contributed by atoms with Crippen LogP contribution in [-0.2, 0) is 20.3 Å². The average molecular weight is 527 g/mol. The molecule has 3 aromatic heterocycles. The topological polar surface area (TPSA) is 122 Å². The molecule has 4 rings (SSSR count). The molecule has 0 spiro atoms. The van der Waals surface area contributed by atoms with Crippen LogP contribution in [0.25, 0.3) is 17.1 Å². The van der Waals surface area contributed by atoms with E-state index in [1.807, 2.05) is 32.0 Å². The van der Waals surface area contributed by atoms with Crippen LogP contribution in [0.5, 0.6) is 5.75 Å². The van der Waals surface area contributed by atoms with E-state index in [1.165, 1.54) is 14.0 Å². The van der Waals surface area contributed by atoms with Gasteiger partial charge in [0.25, 0.3) is 0 Å². The first-order valence-electron chi connectivity index (χ1n) is 11.4. The Bertz CT molecular complexity index is 1510. The minimum Gasteiger partial charge on any atom is -0.495 e. The summed E-state index contributed by atoms with van der Waals surface area (Å²) in [6.07, 6.45) is 4.28. The van der Waals surface area contributed by atoms with E-state index in [-0.39, 0.29) is 11.6 Å². The molecule has 0 saturated carbocycles. The molecule has 10 nitrogen and oxygen atoms in total. The second kappa shape index (κ2) is 10.7. The Hall–Kier alpha value is -3.77. The zero-order valence-electron chi connectivity index (χ0n) is 21.1. The van der Waals surface area contributed by atoms with Gasteiger partial charge in [0.05, 0.1) is 30.4 Å². The third-order valence-electron chi connectivity index (χ3n) is 5.98. The van der Waals surface area contributed by atoms with Gasteiger partial charge in [-0.25, -0.2) is 22.8 Å². The van der Waals surface area contributed by atoms with Crippen LogP contribution in [-0.4, -0.2) is 57.6 Å². The molecule has 194 valence electrons. The predicted molar refractivity (Wildman–Crippen MR) is 134 cm³/mol. The van der Waals surface area contributed by atoms with Crippen LogP contribution in [0.3, 0.4) is 0 Å². The minimum absolute atomic E-state index is 0.0635. The van der Waals surface area contributed by atoms with Crippen molar-refractivity contribution in [2.75, 3.05) is 14.2 Å². The van der Waals surface area contributed by atoms with E-state index in [2.05, 4.69) is 25.1 Å². The Balaban J connectivity index is 1.82. The number of methoxy groups -OCH3 is 2. The quantitative estimate of drug-likeness (QED) is 0.322. The third-order valence-corrected chi connectivity index (χ3v) is 8.02. The highest BCUT2D eigenvalue weighted by Gasteiger charge is 2.35. The summed E-state index contributed by atoms with van der Waals surface area (Å²) in [4.78, 5) is 12.1. The van der Waals surface area contributed by atoms with E-state index in [1.54, 1.807) is 30.1 Å². The van der Waals surface area contributed by atoms with Crippen LogP contribution < -0.4 is 4.74 Å². The first kappa shape index (κ1) is 26.3. The zero-order valence-corrected chi connectivity index (χ0v) is 21.9. The highest BCUT2D eigenvalue weighted by molar-refractivity contribution is 7.91. The molecule has 0 saturated heterocycles. The number of para-hydroxylation sites is 1. The van der Waals surface area contributed by atoms with E-state index in [9.17, 15) is 12.8 Å². The summed E-state index contributed by atoms with van der Waals surface area (Å²) in [6, 6.07) is 7.42. The van der Waals surface area contributed by atoms with Gasteiger partial charge in [0.2, 0.25) is 0 Å². The molecule has 0 unspecified atom stereocenters. The minimum atomic E-state index is -3.90. The lowest BCUT2D eigenvalue weighted by atomic mass is 10.1. The van der Waals surface area contributed by atoms with Gasteiger partial charge >= 0.3 is 0 Å². The van der Waals surface area contributed by atoms with E-state index >= 15 is 0 Å². The number of pyridine rings is 1. The summed E-state index contributed by atoms with van der Waals surface area (Å²) in [5.41, 5.74) is 3.04. The fourth-order valence-electron chi connectivity index (χ4n) is 4.07. The third kappa shape index (κ3) is 5.35. The van der Waals surface area contributed by atoms with Gasteiger partial charge in [-0.05, 0) is 44.0 Å². The summed E-state index contributed by atoms with van der Waals surface area (Å²) in [5.74, 6) is 0.112. The van der Waals surface area contributed by atoms with Crippen molar-refractivity contribution >= 4 is 9.84 Å². The van der Waals surface area contributed by atoms with Gasteiger partial charge in [-0.1, -0.05) is 12.1 Å². The largest absolute Gasteiger partial charge is 0.495 e. The van der Waals surface area contributed by atoms with E-state index in [0.29, 0.717) is 22.8 Å². The van der Waals surface area contributed by atoms with Gasteiger partial charge < -0.3 is 9.47 Å². The first-order chi connectivity index (χ1) is 17.7. The van der Waals surface area contributed by atoms with Crippen LogP contribution in [0.1, 0.15) is 35.8 Å². The fraction of sp³-hybridized carbons (Fsp3) is 0.320. The Morgan fingerprint density at radius 1 is 1.05 bits per heavy atom. The van der Waals surface area contributed by atoms with Crippen LogP contribution in [0.2, 0.25) is 0 Å². The van der Waals surface area contributed by atoms with E-state index in [0.717, 1.165) is 23.5 Å². The van der Waals surface area contributed by atoms with Crippen molar-refractivity contribution in [3.63, 3.8) is 0 Å². The van der Waals surface area contributed by atoms with Gasteiger partial charge in [0.15, 0.2) is 33.1 Å².